The molecule has 0 unspecified atom stereocenters. The minimum Gasteiger partial charge on any atom is -0.493 e. The first-order chi connectivity index (χ1) is 14.0. The highest BCUT2D eigenvalue weighted by Gasteiger charge is 2.13. The molecule has 0 aliphatic rings. The second-order valence-electron chi connectivity index (χ2n) is 6.12. The minimum atomic E-state index is -0.0709. The van der Waals surface area contributed by atoms with Crippen LogP contribution in [0.1, 0.15) is 21.5 Å². The average Bonchev–Trinajstić information content (AvgIpc) is 2.72. The van der Waals surface area contributed by atoms with E-state index in [0.29, 0.717) is 31.6 Å². The van der Waals surface area contributed by atoms with Gasteiger partial charge in [-0.05, 0) is 51.8 Å². The topological polar surface area (TPSA) is 35.5 Å². The van der Waals surface area contributed by atoms with Gasteiger partial charge in [0.25, 0.3) is 0 Å². The number of rotatable bonds is 7. The van der Waals surface area contributed by atoms with Gasteiger partial charge in [-0.2, -0.15) is 0 Å². The number of carbonyl (C=O) groups excluding carboxylic acids is 1. The van der Waals surface area contributed by atoms with Crippen molar-refractivity contribution in [3.63, 3.8) is 0 Å². The van der Waals surface area contributed by atoms with Crippen LogP contribution in [0.5, 0.6) is 11.5 Å². The third-order valence-corrected chi connectivity index (χ3v) is 5.30. The molecule has 0 fully saturated rings. The Bertz CT molecular complexity index is 1050. The summed E-state index contributed by atoms with van der Waals surface area (Å²) in [6, 6.07) is 18.0. The maximum atomic E-state index is 12.3. The summed E-state index contributed by atoms with van der Waals surface area (Å²) < 4.78 is 12.1. The largest absolute Gasteiger partial charge is 0.493 e. The van der Waals surface area contributed by atoms with E-state index < -0.39 is 0 Å². The maximum Gasteiger partial charge on any atom is 0.185 e. The van der Waals surface area contributed by atoms with E-state index in [0.717, 1.165) is 11.1 Å². The van der Waals surface area contributed by atoms with Gasteiger partial charge in [-0.1, -0.05) is 65.7 Å². The molecule has 3 nitrogen and oxygen atoms in total. The molecule has 0 saturated carbocycles. The number of allylic oxidation sites excluding steroid dienone is 1. The summed E-state index contributed by atoms with van der Waals surface area (Å²) in [5.74, 6) is 1.01. The van der Waals surface area contributed by atoms with E-state index in [9.17, 15) is 4.79 Å². The van der Waals surface area contributed by atoms with Gasteiger partial charge in [0.15, 0.2) is 17.3 Å². The van der Waals surface area contributed by atoms with Gasteiger partial charge in [-0.3, -0.25) is 4.79 Å². The first-order valence-electron chi connectivity index (χ1n) is 8.69. The Labute approximate surface area is 188 Å². The molecule has 0 radical (unpaired) electrons. The summed E-state index contributed by atoms with van der Waals surface area (Å²) in [7, 11) is 1.56. The molecule has 0 aliphatic heterocycles. The zero-order valence-corrected chi connectivity index (χ0v) is 18.6. The molecule has 0 aliphatic carbocycles. The Morgan fingerprint density at radius 1 is 1.07 bits per heavy atom. The minimum absolute atomic E-state index is 0.0709. The monoisotopic (exact) mass is 490 g/mol. The number of hydrogen-bond donors (Lipinski definition) is 0. The molecular weight excluding hydrogens is 475 g/mol. The Hall–Kier alpha value is -2.27. The molecule has 6 heteroatoms. The van der Waals surface area contributed by atoms with Crippen LogP contribution < -0.4 is 9.47 Å². The normalized spacial score (nSPS) is 10.9. The second-order valence-corrected chi connectivity index (χ2v) is 7.82. The summed E-state index contributed by atoms with van der Waals surface area (Å²) in [5.41, 5.74) is 2.24. The molecule has 148 valence electrons. The summed E-state index contributed by atoms with van der Waals surface area (Å²) in [6.07, 6.45) is 3.27. The molecule has 0 N–H and O–H groups in total. The third kappa shape index (κ3) is 5.63. The van der Waals surface area contributed by atoms with Crippen molar-refractivity contribution in [2.24, 2.45) is 0 Å². The van der Waals surface area contributed by atoms with Crippen LogP contribution in [0.3, 0.4) is 0 Å². The molecule has 0 amide bonds. The summed E-state index contributed by atoms with van der Waals surface area (Å²) in [5, 5.41) is 1.10. The predicted molar refractivity (Wildman–Crippen MR) is 121 cm³/mol. The lowest BCUT2D eigenvalue weighted by molar-refractivity contribution is 0.104. The van der Waals surface area contributed by atoms with Crippen molar-refractivity contribution < 1.29 is 14.3 Å². The Balaban J connectivity index is 1.78. The van der Waals surface area contributed by atoms with Crippen molar-refractivity contribution in [3.05, 3.63) is 97.9 Å². The van der Waals surface area contributed by atoms with Gasteiger partial charge in [0.1, 0.15) is 6.61 Å². The van der Waals surface area contributed by atoms with Crippen LogP contribution in [-0.4, -0.2) is 12.9 Å². The molecule has 0 aromatic heterocycles. The molecule has 0 atom stereocenters. The molecule has 0 saturated heterocycles. The van der Waals surface area contributed by atoms with Crippen LogP contribution in [0.2, 0.25) is 10.0 Å². The second kappa shape index (κ2) is 9.97. The van der Waals surface area contributed by atoms with Gasteiger partial charge in [0.05, 0.1) is 11.6 Å². The quantitative estimate of drug-likeness (QED) is 0.258. The molecule has 3 rings (SSSR count). The van der Waals surface area contributed by atoms with E-state index in [1.165, 1.54) is 6.08 Å². The van der Waals surface area contributed by atoms with Crippen molar-refractivity contribution in [3.8, 4) is 11.5 Å². The van der Waals surface area contributed by atoms with Gasteiger partial charge >= 0.3 is 0 Å². The highest BCUT2D eigenvalue weighted by atomic mass is 79.9. The third-order valence-electron chi connectivity index (χ3n) is 4.12. The standard InChI is InChI=1S/C23H17BrCl2O3/c1-28-22-12-15(7-10-21(27)16-5-3-2-4-6-16)11-19(24)23(22)29-14-17-8-9-18(25)13-20(17)26/h2-13H,14H2,1H3/b10-7+. The van der Waals surface area contributed by atoms with Gasteiger partial charge in [0.2, 0.25) is 0 Å². The first kappa shape index (κ1) is 21.4. The van der Waals surface area contributed by atoms with Crippen LogP contribution in [0.4, 0.5) is 0 Å². The fourth-order valence-corrected chi connectivity index (χ4v) is 3.67. The van der Waals surface area contributed by atoms with E-state index in [2.05, 4.69) is 15.9 Å². The molecular formula is C23H17BrCl2O3. The van der Waals surface area contributed by atoms with Crippen LogP contribution >= 0.6 is 39.1 Å². The smallest absolute Gasteiger partial charge is 0.185 e. The van der Waals surface area contributed by atoms with E-state index >= 15 is 0 Å². The lowest BCUT2D eigenvalue weighted by Gasteiger charge is -2.14. The highest BCUT2D eigenvalue weighted by molar-refractivity contribution is 9.10. The number of carbonyl (C=O) groups is 1. The van der Waals surface area contributed by atoms with Crippen LogP contribution in [0.15, 0.2) is 71.2 Å². The molecule has 0 bridgehead atoms. The number of halogens is 3. The molecule has 29 heavy (non-hydrogen) atoms. The van der Waals surface area contributed by atoms with Crippen LogP contribution in [-0.2, 0) is 6.61 Å². The van der Waals surface area contributed by atoms with E-state index in [1.54, 1.807) is 43.5 Å². The van der Waals surface area contributed by atoms with Crippen molar-refractivity contribution in [1.29, 1.82) is 0 Å². The lowest BCUT2D eigenvalue weighted by atomic mass is 10.1. The molecule has 0 spiro atoms. The Morgan fingerprint density at radius 2 is 1.83 bits per heavy atom. The molecule has 0 heterocycles. The first-order valence-corrected chi connectivity index (χ1v) is 10.2. The maximum absolute atomic E-state index is 12.3. The SMILES string of the molecule is COc1cc(/C=C/C(=O)c2ccccc2)cc(Br)c1OCc1ccc(Cl)cc1Cl. The van der Waals surface area contributed by atoms with Gasteiger partial charge in [-0.15, -0.1) is 0 Å². The number of ether oxygens (including phenoxy) is 2. The zero-order chi connectivity index (χ0) is 20.8. The van der Waals surface area contributed by atoms with Gasteiger partial charge in [-0.25, -0.2) is 0 Å². The van der Waals surface area contributed by atoms with Gasteiger partial charge in [0, 0.05) is 21.2 Å². The fraction of sp³-hybridized carbons (Fsp3) is 0.0870. The van der Waals surface area contributed by atoms with E-state index in [-0.39, 0.29) is 12.4 Å². The number of methoxy groups -OCH3 is 1. The van der Waals surface area contributed by atoms with Crippen molar-refractivity contribution in [2.75, 3.05) is 7.11 Å². The van der Waals surface area contributed by atoms with Crippen molar-refractivity contribution >= 4 is 51.0 Å². The summed E-state index contributed by atoms with van der Waals surface area (Å²) in [6.45, 7) is 0.257. The summed E-state index contributed by atoms with van der Waals surface area (Å²) in [4.78, 5) is 12.3. The highest BCUT2D eigenvalue weighted by Crippen LogP contribution is 2.38. The Kier molecular flexibility index (Phi) is 7.37. The average molecular weight is 492 g/mol. The molecule has 3 aromatic rings. The zero-order valence-electron chi connectivity index (χ0n) is 15.5. The van der Waals surface area contributed by atoms with E-state index in [4.69, 9.17) is 32.7 Å². The predicted octanol–water partition coefficient (Wildman–Crippen LogP) is 7.24. The van der Waals surface area contributed by atoms with Crippen LogP contribution in [0, 0.1) is 0 Å². The number of hydrogen-bond acceptors (Lipinski definition) is 3. The Morgan fingerprint density at radius 3 is 2.52 bits per heavy atom. The van der Waals surface area contributed by atoms with Crippen molar-refractivity contribution in [2.45, 2.75) is 6.61 Å². The summed E-state index contributed by atoms with van der Waals surface area (Å²) >= 11 is 15.7. The van der Waals surface area contributed by atoms with Crippen molar-refractivity contribution in [1.82, 2.24) is 0 Å². The van der Waals surface area contributed by atoms with Crippen LogP contribution in [0.25, 0.3) is 6.08 Å². The molecule has 3 aromatic carbocycles. The lowest BCUT2D eigenvalue weighted by Crippen LogP contribution is -2.00. The van der Waals surface area contributed by atoms with E-state index in [1.807, 2.05) is 30.3 Å². The fourth-order valence-electron chi connectivity index (χ4n) is 2.64. The van der Waals surface area contributed by atoms with Gasteiger partial charge < -0.3 is 9.47 Å². The number of ketones is 1. The number of benzene rings is 3.